The maximum Gasteiger partial charge on any atom is 0.308 e. The van der Waals surface area contributed by atoms with Crippen LogP contribution in [0.4, 0.5) is 4.39 Å². The van der Waals surface area contributed by atoms with Gasteiger partial charge in [-0.15, -0.1) is 0 Å². The van der Waals surface area contributed by atoms with Gasteiger partial charge >= 0.3 is 5.97 Å². The SMILES string of the molecule is CC(=O)Oc1ccc2c(c1)C(=O)CC2c1ccccc1F. The van der Waals surface area contributed by atoms with E-state index < -0.39 is 5.97 Å². The fraction of sp³-hybridized carbons (Fsp3) is 0.176. The first-order valence-electron chi connectivity index (χ1n) is 6.66. The number of ketones is 1. The average molecular weight is 284 g/mol. The predicted octanol–water partition coefficient (Wildman–Crippen LogP) is 3.47. The lowest BCUT2D eigenvalue weighted by Gasteiger charge is -2.12. The summed E-state index contributed by atoms with van der Waals surface area (Å²) in [4.78, 5) is 23.1. The highest BCUT2D eigenvalue weighted by Gasteiger charge is 2.32. The fourth-order valence-electron chi connectivity index (χ4n) is 2.75. The summed E-state index contributed by atoms with van der Waals surface area (Å²) >= 11 is 0. The topological polar surface area (TPSA) is 43.4 Å². The van der Waals surface area contributed by atoms with Crippen molar-refractivity contribution in [2.75, 3.05) is 0 Å². The van der Waals surface area contributed by atoms with E-state index >= 15 is 0 Å². The molecule has 4 heteroatoms. The van der Waals surface area contributed by atoms with Crippen LogP contribution in [0.15, 0.2) is 42.5 Å². The summed E-state index contributed by atoms with van der Waals surface area (Å²) in [6, 6.07) is 11.4. The Morgan fingerprint density at radius 2 is 1.95 bits per heavy atom. The fourth-order valence-corrected chi connectivity index (χ4v) is 2.75. The van der Waals surface area contributed by atoms with Gasteiger partial charge < -0.3 is 4.74 Å². The van der Waals surface area contributed by atoms with E-state index in [0.29, 0.717) is 16.9 Å². The van der Waals surface area contributed by atoms with Gasteiger partial charge in [0, 0.05) is 24.8 Å². The number of ether oxygens (including phenoxy) is 1. The van der Waals surface area contributed by atoms with Crippen LogP contribution in [0.25, 0.3) is 0 Å². The molecule has 0 heterocycles. The summed E-state index contributed by atoms with van der Waals surface area (Å²) in [6.45, 7) is 1.30. The van der Waals surface area contributed by atoms with Gasteiger partial charge in [0.05, 0.1) is 0 Å². The molecule has 1 unspecified atom stereocenters. The van der Waals surface area contributed by atoms with Gasteiger partial charge in [0.25, 0.3) is 0 Å². The second kappa shape index (κ2) is 5.13. The van der Waals surface area contributed by atoms with Gasteiger partial charge in [-0.2, -0.15) is 0 Å². The summed E-state index contributed by atoms with van der Waals surface area (Å²) in [7, 11) is 0. The number of esters is 1. The number of carbonyl (C=O) groups excluding carboxylic acids is 2. The van der Waals surface area contributed by atoms with Crippen molar-refractivity contribution in [3.63, 3.8) is 0 Å². The molecule has 3 nitrogen and oxygen atoms in total. The third-order valence-corrected chi connectivity index (χ3v) is 3.63. The Bertz CT molecular complexity index is 737. The van der Waals surface area contributed by atoms with Crippen LogP contribution in [-0.4, -0.2) is 11.8 Å². The molecule has 21 heavy (non-hydrogen) atoms. The molecule has 2 aromatic rings. The van der Waals surface area contributed by atoms with Crippen LogP contribution in [0.2, 0.25) is 0 Å². The first kappa shape index (κ1) is 13.5. The van der Waals surface area contributed by atoms with Crippen molar-refractivity contribution >= 4 is 11.8 Å². The molecule has 106 valence electrons. The van der Waals surface area contributed by atoms with Gasteiger partial charge in [0.1, 0.15) is 11.6 Å². The van der Waals surface area contributed by atoms with Crippen molar-refractivity contribution in [1.82, 2.24) is 0 Å². The van der Waals surface area contributed by atoms with Gasteiger partial charge in [-0.05, 0) is 29.3 Å². The zero-order valence-electron chi connectivity index (χ0n) is 11.4. The molecule has 1 atom stereocenters. The Balaban J connectivity index is 2.03. The van der Waals surface area contributed by atoms with Crippen molar-refractivity contribution in [1.29, 1.82) is 0 Å². The molecule has 0 spiro atoms. The van der Waals surface area contributed by atoms with E-state index in [1.807, 2.05) is 0 Å². The Hall–Kier alpha value is -2.49. The summed E-state index contributed by atoms with van der Waals surface area (Å²) in [5.41, 5.74) is 1.80. The van der Waals surface area contributed by atoms with Crippen molar-refractivity contribution in [3.8, 4) is 5.75 Å². The molecule has 0 bridgehead atoms. The molecule has 1 aliphatic rings. The minimum Gasteiger partial charge on any atom is -0.427 e. The van der Waals surface area contributed by atoms with E-state index in [9.17, 15) is 14.0 Å². The average Bonchev–Trinajstić information content (AvgIpc) is 2.76. The maximum absolute atomic E-state index is 13.9. The number of hydrogen-bond donors (Lipinski definition) is 0. The molecule has 0 aliphatic heterocycles. The van der Waals surface area contributed by atoms with Crippen molar-refractivity contribution in [2.24, 2.45) is 0 Å². The number of hydrogen-bond acceptors (Lipinski definition) is 3. The maximum atomic E-state index is 13.9. The highest BCUT2D eigenvalue weighted by atomic mass is 19.1. The van der Waals surface area contributed by atoms with Gasteiger partial charge in [-0.25, -0.2) is 4.39 Å². The Morgan fingerprint density at radius 1 is 1.19 bits per heavy atom. The van der Waals surface area contributed by atoms with E-state index in [2.05, 4.69) is 0 Å². The molecule has 0 radical (unpaired) electrons. The summed E-state index contributed by atoms with van der Waals surface area (Å²) in [6.07, 6.45) is 0.236. The highest BCUT2D eigenvalue weighted by Crippen LogP contribution is 2.40. The number of fused-ring (bicyclic) bond motifs is 1. The lowest BCUT2D eigenvalue weighted by atomic mass is 9.92. The molecule has 1 aliphatic carbocycles. The van der Waals surface area contributed by atoms with Crippen LogP contribution in [0.3, 0.4) is 0 Å². The van der Waals surface area contributed by atoms with Crippen LogP contribution in [0.1, 0.15) is 40.7 Å². The van der Waals surface area contributed by atoms with Gasteiger partial charge in [-0.1, -0.05) is 24.3 Å². The van der Waals surface area contributed by atoms with Crippen molar-refractivity contribution in [2.45, 2.75) is 19.3 Å². The zero-order valence-corrected chi connectivity index (χ0v) is 11.4. The Labute approximate surface area is 121 Å². The standard InChI is InChI=1S/C17H13FO3/c1-10(19)21-11-6-7-12-14(9-17(20)15(12)8-11)13-4-2-3-5-16(13)18/h2-8,14H,9H2,1H3. The molecule has 0 amide bonds. The molecular weight excluding hydrogens is 271 g/mol. The number of benzene rings is 2. The van der Waals surface area contributed by atoms with Crippen molar-refractivity contribution in [3.05, 3.63) is 65.0 Å². The number of rotatable bonds is 2. The van der Waals surface area contributed by atoms with Crippen LogP contribution >= 0.6 is 0 Å². The third-order valence-electron chi connectivity index (χ3n) is 3.63. The smallest absolute Gasteiger partial charge is 0.308 e. The molecule has 2 aromatic carbocycles. The minimum absolute atomic E-state index is 0.0627. The molecule has 0 saturated heterocycles. The zero-order chi connectivity index (χ0) is 15.0. The number of carbonyl (C=O) groups is 2. The van der Waals surface area contributed by atoms with Gasteiger partial charge in [0.15, 0.2) is 5.78 Å². The second-order valence-corrected chi connectivity index (χ2v) is 5.04. The number of halogens is 1. The summed E-state index contributed by atoms with van der Waals surface area (Å²) in [5.74, 6) is -0.755. The first-order valence-corrected chi connectivity index (χ1v) is 6.66. The number of Topliss-reactive ketones (excluding diaryl/α,β-unsaturated/α-hetero) is 1. The Kier molecular flexibility index (Phi) is 3.29. The monoisotopic (exact) mass is 284 g/mol. The van der Waals surface area contributed by atoms with Crippen LogP contribution in [0.5, 0.6) is 5.75 Å². The third kappa shape index (κ3) is 2.44. The summed E-state index contributed by atoms with van der Waals surface area (Å²) in [5, 5.41) is 0. The molecule has 0 N–H and O–H groups in total. The van der Waals surface area contributed by atoms with Gasteiger partial charge in [0.2, 0.25) is 0 Å². The van der Waals surface area contributed by atoms with E-state index in [0.717, 1.165) is 5.56 Å². The Morgan fingerprint density at radius 3 is 2.67 bits per heavy atom. The van der Waals surface area contributed by atoms with Crippen molar-refractivity contribution < 1.29 is 18.7 Å². The van der Waals surface area contributed by atoms with Crippen LogP contribution < -0.4 is 4.74 Å². The largest absolute Gasteiger partial charge is 0.427 e. The van der Waals surface area contributed by atoms with E-state index in [1.165, 1.54) is 13.0 Å². The lowest BCUT2D eigenvalue weighted by molar-refractivity contribution is -0.131. The van der Waals surface area contributed by atoms with Crippen LogP contribution in [0, 0.1) is 5.82 Å². The van der Waals surface area contributed by atoms with Gasteiger partial charge in [-0.3, -0.25) is 9.59 Å². The minimum atomic E-state index is -0.439. The molecule has 0 aromatic heterocycles. The quantitative estimate of drug-likeness (QED) is 0.626. The molecule has 3 rings (SSSR count). The second-order valence-electron chi connectivity index (χ2n) is 5.04. The van der Waals surface area contributed by atoms with Crippen LogP contribution in [-0.2, 0) is 4.79 Å². The molecule has 0 fully saturated rings. The van der Waals surface area contributed by atoms with E-state index in [1.54, 1.807) is 36.4 Å². The predicted molar refractivity (Wildman–Crippen MR) is 74.9 cm³/mol. The highest BCUT2D eigenvalue weighted by molar-refractivity contribution is 6.02. The lowest BCUT2D eigenvalue weighted by Crippen LogP contribution is -2.03. The first-order chi connectivity index (χ1) is 10.1. The molecular formula is C17H13FO3. The normalized spacial score (nSPS) is 16.7. The summed E-state index contributed by atoms with van der Waals surface area (Å²) < 4.78 is 18.9. The molecule has 0 saturated carbocycles. The van der Waals surface area contributed by atoms with E-state index in [4.69, 9.17) is 4.74 Å². The van der Waals surface area contributed by atoms with E-state index in [-0.39, 0.29) is 23.9 Å².